The third kappa shape index (κ3) is 5.39. The third-order valence-corrected chi connectivity index (χ3v) is 5.02. The third-order valence-electron chi connectivity index (χ3n) is 4.82. The summed E-state index contributed by atoms with van der Waals surface area (Å²) >= 11 is 5.21. The van der Waals surface area contributed by atoms with E-state index in [0.29, 0.717) is 5.56 Å². The lowest BCUT2D eigenvalue weighted by Gasteiger charge is -2.14. The predicted molar refractivity (Wildman–Crippen MR) is 121 cm³/mol. The predicted octanol–water partition coefficient (Wildman–Crippen LogP) is 4.44. The highest BCUT2D eigenvalue weighted by Gasteiger charge is 2.10. The smallest absolute Gasteiger partial charge is 0.238 e. The van der Waals surface area contributed by atoms with Gasteiger partial charge in [0.15, 0.2) is 10.9 Å². The van der Waals surface area contributed by atoms with Gasteiger partial charge in [0.25, 0.3) is 0 Å². The zero-order valence-electron chi connectivity index (χ0n) is 16.4. The number of carbonyl (C=O) groups is 2. The van der Waals surface area contributed by atoms with Gasteiger partial charge >= 0.3 is 0 Å². The van der Waals surface area contributed by atoms with Crippen molar-refractivity contribution in [2.45, 2.75) is 26.7 Å². The molecule has 0 aliphatic heterocycles. The van der Waals surface area contributed by atoms with Crippen molar-refractivity contribution in [2.75, 3.05) is 5.32 Å². The summed E-state index contributed by atoms with van der Waals surface area (Å²) in [7, 11) is 0. The molecule has 0 bridgehead atoms. The van der Waals surface area contributed by atoms with Gasteiger partial charge in [-0.3, -0.25) is 20.4 Å². The van der Waals surface area contributed by atoms with Crippen LogP contribution in [0, 0.1) is 13.8 Å². The van der Waals surface area contributed by atoms with Gasteiger partial charge < -0.3 is 5.32 Å². The highest BCUT2D eigenvalue weighted by molar-refractivity contribution is 7.80. The number of benzene rings is 3. The van der Waals surface area contributed by atoms with Gasteiger partial charge in [-0.2, -0.15) is 0 Å². The first-order valence-electron chi connectivity index (χ1n) is 9.38. The quantitative estimate of drug-likeness (QED) is 0.333. The van der Waals surface area contributed by atoms with Gasteiger partial charge in [-0.15, -0.1) is 0 Å². The number of Topliss-reactive ketones (excluding diaryl/α,β-unsaturated/α-hetero) is 1. The van der Waals surface area contributed by atoms with Crippen LogP contribution in [0.2, 0.25) is 0 Å². The first-order chi connectivity index (χ1) is 13.9. The van der Waals surface area contributed by atoms with E-state index >= 15 is 0 Å². The molecule has 0 unspecified atom stereocenters. The standard InChI is InChI=1S/C23H23N3O2S/c1-15-6-5-9-20(16(15)2)24-23(29)26-25-22(28)13-12-21(27)19-11-10-17-7-3-4-8-18(17)14-19/h3-11,14H,12-13H2,1-2H3,(H,25,28)(H2,24,26,29). The molecule has 3 aromatic carbocycles. The number of carbonyl (C=O) groups excluding carboxylic acids is 2. The maximum absolute atomic E-state index is 12.4. The van der Waals surface area contributed by atoms with Crippen molar-refractivity contribution in [1.29, 1.82) is 0 Å². The molecular weight excluding hydrogens is 382 g/mol. The Balaban J connectivity index is 1.47. The van der Waals surface area contributed by atoms with Crippen LogP contribution in [-0.2, 0) is 4.79 Å². The van der Waals surface area contributed by atoms with Crippen molar-refractivity contribution in [3.63, 3.8) is 0 Å². The maximum atomic E-state index is 12.4. The van der Waals surface area contributed by atoms with E-state index in [1.165, 1.54) is 0 Å². The number of fused-ring (bicyclic) bond motifs is 1. The van der Waals surface area contributed by atoms with Crippen LogP contribution in [0.1, 0.15) is 34.3 Å². The number of rotatable bonds is 5. The van der Waals surface area contributed by atoms with E-state index < -0.39 is 0 Å². The average molecular weight is 406 g/mol. The molecule has 3 rings (SSSR count). The molecule has 29 heavy (non-hydrogen) atoms. The largest absolute Gasteiger partial charge is 0.331 e. The molecule has 0 saturated heterocycles. The Morgan fingerprint density at radius 1 is 0.862 bits per heavy atom. The summed E-state index contributed by atoms with van der Waals surface area (Å²) < 4.78 is 0. The summed E-state index contributed by atoms with van der Waals surface area (Å²) in [5.74, 6) is -0.369. The number of hydrogen-bond acceptors (Lipinski definition) is 3. The van der Waals surface area contributed by atoms with Gasteiger partial charge in [-0.25, -0.2) is 0 Å². The normalized spacial score (nSPS) is 10.4. The van der Waals surface area contributed by atoms with Gasteiger partial charge in [0.1, 0.15) is 0 Å². The van der Waals surface area contributed by atoms with Gasteiger partial charge in [0.2, 0.25) is 5.91 Å². The average Bonchev–Trinajstić information content (AvgIpc) is 2.73. The van der Waals surface area contributed by atoms with Gasteiger partial charge in [0, 0.05) is 24.1 Å². The molecule has 0 atom stereocenters. The van der Waals surface area contributed by atoms with Crippen molar-refractivity contribution in [3.05, 3.63) is 77.4 Å². The Labute approximate surface area is 175 Å². The highest BCUT2D eigenvalue weighted by atomic mass is 32.1. The first-order valence-corrected chi connectivity index (χ1v) is 9.79. The summed E-state index contributed by atoms with van der Waals surface area (Å²) in [6, 6.07) is 19.3. The van der Waals surface area contributed by atoms with E-state index in [1.54, 1.807) is 6.07 Å². The number of ketones is 1. The van der Waals surface area contributed by atoms with E-state index in [4.69, 9.17) is 12.2 Å². The fourth-order valence-corrected chi connectivity index (χ4v) is 3.12. The second-order valence-electron chi connectivity index (χ2n) is 6.86. The number of anilines is 1. The van der Waals surface area contributed by atoms with Gasteiger partial charge in [-0.05, 0) is 60.1 Å². The molecule has 3 aromatic rings. The fraction of sp³-hybridized carbons (Fsp3) is 0.174. The van der Waals surface area contributed by atoms with Crippen LogP contribution in [-0.4, -0.2) is 16.8 Å². The summed E-state index contributed by atoms with van der Waals surface area (Å²) in [6.45, 7) is 4.02. The molecule has 148 valence electrons. The molecule has 1 amide bonds. The number of hydrazine groups is 1. The lowest BCUT2D eigenvalue weighted by Crippen LogP contribution is -2.43. The minimum Gasteiger partial charge on any atom is -0.331 e. The summed E-state index contributed by atoms with van der Waals surface area (Å²) in [4.78, 5) is 24.5. The summed E-state index contributed by atoms with van der Waals surface area (Å²) in [5.41, 5.74) is 8.92. The van der Waals surface area contributed by atoms with E-state index in [0.717, 1.165) is 27.6 Å². The summed E-state index contributed by atoms with van der Waals surface area (Å²) in [6.07, 6.45) is 0.202. The minimum atomic E-state index is -0.302. The second kappa shape index (κ2) is 9.30. The van der Waals surface area contributed by atoms with Crippen molar-refractivity contribution in [2.24, 2.45) is 0 Å². The van der Waals surface area contributed by atoms with Crippen molar-refractivity contribution in [3.8, 4) is 0 Å². The number of aryl methyl sites for hydroxylation is 1. The monoisotopic (exact) mass is 405 g/mol. The molecule has 0 aliphatic rings. The van der Waals surface area contributed by atoms with Crippen LogP contribution in [0.5, 0.6) is 0 Å². The van der Waals surface area contributed by atoms with Crippen LogP contribution in [0.3, 0.4) is 0 Å². The van der Waals surface area contributed by atoms with Gasteiger partial charge in [0.05, 0.1) is 0 Å². The molecule has 0 heterocycles. The molecule has 0 radical (unpaired) electrons. The fourth-order valence-electron chi connectivity index (χ4n) is 2.96. The minimum absolute atomic E-state index is 0.0676. The molecular formula is C23H23N3O2S. The molecule has 3 N–H and O–H groups in total. The lowest BCUT2D eigenvalue weighted by molar-refractivity contribution is -0.121. The van der Waals surface area contributed by atoms with E-state index in [1.807, 2.05) is 68.4 Å². The van der Waals surface area contributed by atoms with Crippen LogP contribution >= 0.6 is 12.2 Å². The number of nitrogens with one attached hydrogen (secondary N) is 3. The van der Waals surface area contributed by atoms with Crippen LogP contribution in [0.15, 0.2) is 60.7 Å². The molecule has 0 aliphatic carbocycles. The van der Waals surface area contributed by atoms with Crippen molar-refractivity contribution < 1.29 is 9.59 Å². The molecule has 5 nitrogen and oxygen atoms in total. The number of amides is 1. The Hall–Kier alpha value is -3.25. The SMILES string of the molecule is Cc1cccc(NC(=S)NNC(=O)CCC(=O)c2ccc3ccccc3c2)c1C. The Bertz CT molecular complexity index is 1080. The Kier molecular flexibility index (Phi) is 6.57. The molecule has 0 spiro atoms. The molecule has 0 saturated carbocycles. The second-order valence-corrected chi connectivity index (χ2v) is 7.27. The Morgan fingerprint density at radius 2 is 1.62 bits per heavy atom. The topological polar surface area (TPSA) is 70.2 Å². The van der Waals surface area contributed by atoms with Crippen LogP contribution < -0.4 is 16.2 Å². The maximum Gasteiger partial charge on any atom is 0.238 e. The molecule has 6 heteroatoms. The molecule has 0 fully saturated rings. The Morgan fingerprint density at radius 3 is 2.41 bits per heavy atom. The molecule has 0 aromatic heterocycles. The summed E-state index contributed by atoms with van der Waals surface area (Å²) in [5, 5.41) is 5.42. The van der Waals surface area contributed by atoms with E-state index in [-0.39, 0.29) is 29.6 Å². The number of hydrogen-bond donors (Lipinski definition) is 3. The van der Waals surface area contributed by atoms with Crippen LogP contribution in [0.25, 0.3) is 10.8 Å². The number of thiocarbonyl (C=S) groups is 1. The zero-order chi connectivity index (χ0) is 20.8. The first kappa shape index (κ1) is 20.5. The zero-order valence-corrected chi connectivity index (χ0v) is 17.2. The van der Waals surface area contributed by atoms with Crippen LogP contribution in [0.4, 0.5) is 5.69 Å². The lowest BCUT2D eigenvalue weighted by atomic mass is 10.0. The van der Waals surface area contributed by atoms with Crippen molar-refractivity contribution >= 4 is 45.5 Å². The van der Waals surface area contributed by atoms with Crippen molar-refractivity contribution in [1.82, 2.24) is 10.9 Å². The highest BCUT2D eigenvalue weighted by Crippen LogP contribution is 2.18. The van der Waals surface area contributed by atoms with E-state index in [2.05, 4.69) is 16.2 Å². The van der Waals surface area contributed by atoms with E-state index in [9.17, 15) is 9.59 Å². The van der Waals surface area contributed by atoms with Gasteiger partial charge in [-0.1, -0.05) is 48.5 Å².